The van der Waals surface area contributed by atoms with Gasteiger partial charge in [0.15, 0.2) is 0 Å². The minimum atomic E-state index is 0.708. The topological polar surface area (TPSA) is 0 Å². The fourth-order valence-electron chi connectivity index (χ4n) is 2.82. The van der Waals surface area contributed by atoms with Crippen LogP contribution in [0, 0.1) is 35.5 Å². The third kappa shape index (κ3) is 5.71. The SMILES string of the molecule is CCC(C)C=C(C(C)C(C)C)C(CC)C(C)C(C)C. The highest BCUT2D eigenvalue weighted by Gasteiger charge is 2.27. The van der Waals surface area contributed by atoms with Crippen molar-refractivity contribution in [2.24, 2.45) is 35.5 Å². The lowest BCUT2D eigenvalue weighted by molar-refractivity contribution is 0.274. The van der Waals surface area contributed by atoms with Crippen molar-refractivity contribution in [2.75, 3.05) is 0 Å². The van der Waals surface area contributed by atoms with Gasteiger partial charge >= 0.3 is 0 Å². The van der Waals surface area contributed by atoms with E-state index >= 15 is 0 Å². The third-order valence-corrected chi connectivity index (χ3v) is 5.20. The van der Waals surface area contributed by atoms with Gasteiger partial charge in [0.1, 0.15) is 0 Å². The van der Waals surface area contributed by atoms with Crippen molar-refractivity contribution in [3.63, 3.8) is 0 Å². The summed E-state index contributed by atoms with van der Waals surface area (Å²) in [7, 11) is 0. The van der Waals surface area contributed by atoms with Crippen molar-refractivity contribution in [3.8, 4) is 0 Å². The monoisotopic (exact) mass is 266 g/mol. The smallest absolute Gasteiger partial charge is 0.0175 e. The van der Waals surface area contributed by atoms with Gasteiger partial charge in [0.2, 0.25) is 0 Å². The van der Waals surface area contributed by atoms with E-state index in [0.29, 0.717) is 11.8 Å². The molecule has 0 nitrogen and oxygen atoms in total. The van der Waals surface area contributed by atoms with Crippen LogP contribution in [0.2, 0.25) is 0 Å². The van der Waals surface area contributed by atoms with Gasteiger partial charge in [-0.2, -0.15) is 0 Å². The zero-order chi connectivity index (χ0) is 15.2. The molecule has 0 aliphatic rings. The molecular weight excluding hydrogens is 228 g/mol. The maximum atomic E-state index is 2.59. The predicted octanol–water partition coefficient (Wildman–Crippen LogP) is 6.57. The Hall–Kier alpha value is -0.260. The zero-order valence-corrected chi connectivity index (χ0v) is 15.0. The first kappa shape index (κ1) is 18.7. The van der Waals surface area contributed by atoms with Crippen molar-refractivity contribution < 1.29 is 0 Å². The van der Waals surface area contributed by atoms with E-state index in [4.69, 9.17) is 0 Å². The van der Waals surface area contributed by atoms with Gasteiger partial charge in [0, 0.05) is 0 Å². The minimum Gasteiger partial charge on any atom is -0.0819 e. The van der Waals surface area contributed by atoms with Crippen LogP contribution in [0.3, 0.4) is 0 Å². The molecule has 4 unspecified atom stereocenters. The van der Waals surface area contributed by atoms with E-state index in [1.807, 2.05) is 0 Å². The van der Waals surface area contributed by atoms with Crippen LogP contribution in [0.15, 0.2) is 11.6 Å². The molecule has 0 rings (SSSR count). The van der Waals surface area contributed by atoms with Crippen LogP contribution in [0.5, 0.6) is 0 Å². The molecule has 0 radical (unpaired) electrons. The van der Waals surface area contributed by atoms with Gasteiger partial charge < -0.3 is 0 Å². The second kappa shape index (κ2) is 8.82. The van der Waals surface area contributed by atoms with Gasteiger partial charge in [0.25, 0.3) is 0 Å². The van der Waals surface area contributed by atoms with Gasteiger partial charge in [-0.1, -0.05) is 80.4 Å². The Kier molecular flexibility index (Phi) is 8.70. The van der Waals surface area contributed by atoms with Crippen LogP contribution in [-0.2, 0) is 0 Å². The maximum absolute atomic E-state index is 2.59. The van der Waals surface area contributed by atoms with Crippen molar-refractivity contribution in [3.05, 3.63) is 11.6 Å². The Labute approximate surface area is 123 Å². The molecule has 0 saturated carbocycles. The van der Waals surface area contributed by atoms with Crippen molar-refractivity contribution >= 4 is 0 Å². The Balaban J connectivity index is 5.36. The number of hydrogen-bond acceptors (Lipinski definition) is 0. The lowest BCUT2D eigenvalue weighted by Crippen LogP contribution is -2.24. The molecule has 114 valence electrons. The highest BCUT2D eigenvalue weighted by atomic mass is 14.3. The summed E-state index contributed by atoms with van der Waals surface area (Å²) in [6, 6.07) is 0. The Morgan fingerprint density at radius 3 is 1.63 bits per heavy atom. The maximum Gasteiger partial charge on any atom is -0.0175 e. The predicted molar refractivity (Wildman–Crippen MR) is 89.3 cm³/mol. The number of rotatable bonds is 8. The van der Waals surface area contributed by atoms with Crippen LogP contribution in [-0.4, -0.2) is 0 Å². The van der Waals surface area contributed by atoms with Gasteiger partial charge in [-0.05, 0) is 41.9 Å². The van der Waals surface area contributed by atoms with E-state index in [1.165, 1.54) is 12.8 Å². The second-order valence-corrected chi connectivity index (χ2v) is 7.20. The van der Waals surface area contributed by atoms with E-state index in [-0.39, 0.29) is 0 Å². The highest BCUT2D eigenvalue weighted by Crippen LogP contribution is 2.37. The largest absolute Gasteiger partial charge is 0.0819 e. The molecule has 19 heavy (non-hydrogen) atoms. The molecule has 0 aromatic heterocycles. The minimum absolute atomic E-state index is 0.708. The van der Waals surface area contributed by atoms with Gasteiger partial charge in [-0.25, -0.2) is 0 Å². The molecule has 0 heterocycles. The molecule has 0 aliphatic carbocycles. The standard InChI is InChI=1S/C19H38/c1-10-15(7)12-19(17(9)14(5)6)18(11-2)16(8)13(3)4/h12-18H,10-11H2,1-9H3. The van der Waals surface area contributed by atoms with Crippen LogP contribution >= 0.6 is 0 Å². The third-order valence-electron chi connectivity index (χ3n) is 5.20. The van der Waals surface area contributed by atoms with Crippen molar-refractivity contribution in [1.29, 1.82) is 0 Å². The first-order valence-electron chi connectivity index (χ1n) is 8.47. The van der Waals surface area contributed by atoms with E-state index in [0.717, 1.165) is 23.7 Å². The summed E-state index contributed by atoms with van der Waals surface area (Å²) in [6.07, 6.45) is 5.12. The number of allylic oxidation sites excluding steroid dienone is 2. The summed E-state index contributed by atoms with van der Waals surface area (Å²) >= 11 is 0. The van der Waals surface area contributed by atoms with Crippen LogP contribution in [0.1, 0.15) is 75.2 Å². The Morgan fingerprint density at radius 2 is 1.32 bits per heavy atom. The summed E-state index contributed by atoms with van der Waals surface area (Å²) in [5.41, 5.74) is 1.73. The molecule has 4 atom stereocenters. The summed E-state index contributed by atoms with van der Waals surface area (Å²) in [5, 5.41) is 0. The van der Waals surface area contributed by atoms with Crippen LogP contribution in [0.4, 0.5) is 0 Å². The summed E-state index contributed by atoms with van der Waals surface area (Å²) < 4.78 is 0. The van der Waals surface area contributed by atoms with Gasteiger partial charge in [0.05, 0.1) is 0 Å². The highest BCUT2D eigenvalue weighted by molar-refractivity contribution is 5.13. The average molecular weight is 267 g/mol. The lowest BCUT2D eigenvalue weighted by Gasteiger charge is -2.34. The summed E-state index contributed by atoms with van der Waals surface area (Å²) in [4.78, 5) is 0. The first-order chi connectivity index (χ1) is 8.76. The molecular formula is C19H38. The lowest BCUT2D eigenvalue weighted by atomic mass is 9.71. The molecule has 0 aromatic rings. The summed E-state index contributed by atoms with van der Waals surface area (Å²) in [5.74, 6) is 4.46. The van der Waals surface area contributed by atoms with Crippen molar-refractivity contribution in [2.45, 2.75) is 75.2 Å². The fourth-order valence-corrected chi connectivity index (χ4v) is 2.82. The molecule has 0 bridgehead atoms. The zero-order valence-electron chi connectivity index (χ0n) is 15.0. The van der Waals surface area contributed by atoms with Gasteiger partial charge in [-0.3, -0.25) is 0 Å². The van der Waals surface area contributed by atoms with Gasteiger partial charge in [-0.15, -0.1) is 0 Å². The molecule has 0 amide bonds. The Morgan fingerprint density at radius 1 is 0.789 bits per heavy atom. The summed E-state index contributed by atoms with van der Waals surface area (Å²) in [6.45, 7) is 21.4. The van der Waals surface area contributed by atoms with Crippen molar-refractivity contribution in [1.82, 2.24) is 0 Å². The molecule has 0 spiro atoms. The van der Waals surface area contributed by atoms with E-state index in [1.54, 1.807) is 5.57 Å². The Bertz CT molecular complexity index is 259. The molecule has 0 fully saturated rings. The molecule has 0 N–H and O–H groups in total. The van der Waals surface area contributed by atoms with E-state index in [2.05, 4.69) is 68.4 Å². The molecule has 0 aromatic carbocycles. The fraction of sp³-hybridized carbons (Fsp3) is 0.895. The first-order valence-corrected chi connectivity index (χ1v) is 8.47. The molecule has 0 aliphatic heterocycles. The van der Waals surface area contributed by atoms with Crippen LogP contribution < -0.4 is 0 Å². The van der Waals surface area contributed by atoms with Crippen LogP contribution in [0.25, 0.3) is 0 Å². The molecule has 0 saturated heterocycles. The van der Waals surface area contributed by atoms with E-state index < -0.39 is 0 Å². The normalized spacial score (nSPS) is 19.6. The average Bonchev–Trinajstić information content (AvgIpc) is 2.36. The second-order valence-electron chi connectivity index (χ2n) is 7.20. The number of hydrogen-bond donors (Lipinski definition) is 0. The van der Waals surface area contributed by atoms with E-state index in [9.17, 15) is 0 Å². The quantitative estimate of drug-likeness (QED) is 0.436. The molecule has 0 heteroatoms.